The summed E-state index contributed by atoms with van der Waals surface area (Å²) in [5, 5.41) is 3.77. The van der Waals surface area contributed by atoms with Gasteiger partial charge in [-0.15, -0.1) is 11.6 Å². The number of carbonyl (C=O) groups is 2. The lowest BCUT2D eigenvalue weighted by atomic mass is 10.0. The molecule has 0 radical (unpaired) electrons. The van der Waals surface area contributed by atoms with Crippen molar-refractivity contribution in [2.45, 2.75) is 51.2 Å². The third kappa shape index (κ3) is 5.74. The number of aryl methyl sites for hydroxylation is 1. The van der Waals surface area contributed by atoms with Crippen molar-refractivity contribution in [1.82, 2.24) is 10.2 Å². The number of halogens is 2. The average Bonchev–Trinajstić information content (AvgIpc) is 3.22. The molecule has 0 spiro atoms. The largest absolute Gasteiger partial charge is 0.351 e. The Kier molecular flexibility index (Phi) is 7.57. The minimum Gasteiger partial charge on any atom is -0.351 e. The third-order valence-electron chi connectivity index (χ3n) is 5.36. The number of nitrogens with zero attached hydrogens (tertiary/aromatic N) is 1. The van der Waals surface area contributed by atoms with Gasteiger partial charge < -0.3 is 10.2 Å². The number of nitrogens with one attached hydrogen (secondary N) is 1. The molecule has 1 saturated carbocycles. The lowest BCUT2D eigenvalue weighted by molar-refractivity contribution is -0.140. The van der Waals surface area contributed by atoms with Crippen LogP contribution in [0, 0.1) is 6.92 Å². The molecule has 2 aromatic rings. The molecule has 1 aliphatic rings. The summed E-state index contributed by atoms with van der Waals surface area (Å²) >= 11 is 11.9. The first-order chi connectivity index (χ1) is 14.0. The van der Waals surface area contributed by atoms with Crippen LogP contribution in [0.3, 0.4) is 0 Å². The Morgan fingerprint density at radius 1 is 1.07 bits per heavy atom. The maximum atomic E-state index is 13.3. The smallest absolute Gasteiger partial charge is 0.247 e. The van der Waals surface area contributed by atoms with E-state index in [0.29, 0.717) is 5.02 Å². The molecule has 0 aromatic heterocycles. The first kappa shape index (κ1) is 21.7. The highest BCUT2D eigenvalue weighted by Gasteiger charge is 2.32. The molecule has 4 nitrogen and oxygen atoms in total. The van der Waals surface area contributed by atoms with Crippen molar-refractivity contribution >= 4 is 35.0 Å². The first-order valence-corrected chi connectivity index (χ1v) is 10.9. The van der Waals surface area contributed by atoms with Crippen molar-refractivity contribution in [3.8, 4) is 0 Å². The van der Waals surface area contributed by atoms with Gasteiger partial charge >= 0.3 is 0 Å². The predicted octanol–water partition coefficient (Wildman–Crippen LogP) is 5.02. The summed E-state index contributed by atoms with van der Waals surface area (Å²) in [7, 11) is 0. The Hall–Kier alpha value is -2.04. The Morgan fingerprint density at radius 2 is 1.69 bits per heavy atom. The molecule has 29 heavy (non-hydrogen) atoms. The second-order valence-corrected chi connectivity index (χ2v) is 8.29. The van der Waals surface area contributed by atoms with E-state index in [-0.39, 0.29) is 30.3 Å². The summed E-state index contributed by atoms with van der Waals surface area (Å²) in [6.07, 6.45) is 4.20. The van der Waals surface area contributed by atoms with Gasteiger partial charge in [-0.3, -0.25) is 9.59 Å². The monoisotopic (exact) mass is 432 g/mol. The SMILES string of the molecule is Cc1ccc(C(C(=O)NC2CCCC2)N(Cc2ccc(Cl)cc2)C(=O)CCl)cc1. The van der Waals surface area contributed by atoms with Gasteiger partial charge in [0.1, 0.15) is 11.9 Å². The van der Waals surface area contributed by atoms with Gasteiger partial charge in [-0.05, 0) is 43.0 Å². The van der Waals surface area contributed by atoms with Gasteiger partial charge in [0, 0.05) is 17.6 Å². The fourth-order valence-electron chi connectivity index (χ4n) is 3.76. The van der Waals surface area contributed by atoms with Gasteiger partial charge in [-0.25, -0.2) is 0 Å². The van der Waals surface area contributed by atoms with E-state index in [2.05, 4.69) is 5.32 Å². The molecule has 1 N–H and O–H groups in total. The summed E-state index contributed by atoms with van der Waals surface area (Å²) < 4.78 is 0. The molecule has 3 rings (SSSR count). The molecule has 2 aromatic carbocycles. The van der Waals surface area contributed by atoms with Crippen LogP contribution in [0.15, 0.2) is 48.5 Å². The standard InChI is InChI=1S/C23H26Cl2N2O2/c1-16-6-10-18(11-7-16)22(23(29)26-20-4-2-3-5-20)27(21(28)14-24)15-17-8-12-19(25)13-9-17/h6-13,20,22H,2-5,14-15H2,1H3,(H,26,29). The topological polar surface area (TPSA) is 49.4 Å². The molecule has 1 fully saturated rings. The summed E-state index contributed by atoms with van der Waals surface area (Å²) in [5.41, 5.74) is 2.76. The number of amides is 2. The minimum absolute atomic E-state index is 0.159. The molecule has 1 atom stereocenters. The quantitative estimate of drug-likeness (QED) is 0.624. The molecular weight excluding hydrogens is 407 g/mol. The van der Waals surface area contributed by atoms with E-state index in [1.54, 1.807) is 17.0 Å². The molecular formula is C23H26Cl2N2O2. The lowest BCUT2D eigenvalue weighted by Crippen LogP contribution is -2.46. The maximum Gasteiger partial charge on any atom is 0.247 e. The van der Waals surface area contributed by atoms with Gasteiger partial charge in [0.25, 0.3) is 0 Å². The van der Waals surface area contributed by atoms with Crippen LogP contribution < -0.4 is 5.32 Å². The molecule has 1 aliphatic carbocycles. The van der Waals surface area contributed by atoms with Gasteiger partial charge in [-0.2, -0.15) is 0 Å². The van der Waals surface area contributed by atoms with Crippen molar-refractivity contribution in [3.05, 3.63) is 70.2 Å². The molecule has 2 amide bonds. The van der Waals surface area contributed by atoms with Gasteiger partial charge in [0.05, 0.1) is 0 Å². The highest BCUT2D eigenvalue weighted by Crippen LogP contribution is 2.27. The van der Waals surface area contributed by atoms with Crippen molar-refractivity contribution in [2.75, 3.05) is 5.88 Å². The Morgan fingerprint density at radius 3 is 2.28 bits per heavy atom. The van der Waals surface area contributed by atoms with E-state index in [9.17, 15) is 9.59 Å². The second kappa shape index (κ2) is 10.1. The van der Waals surface area contributed by atoms with Crippen LogP contribution in [0.25, 0.3) is 0 Å². The zero-order valence-corrected chi connectivity index (χ0v) is 18.0. The Bertz CT molecular complexity index is 831. The zero-order valence-electron chi connectivity index (χ0n) is 16.5. The summed E-state index contributed by atoms with van der Waals surface area (Å²) in [6.45, 7) is 2.27. The van der Waals surface area contributed by atoms with Crippen molar-refractivity contribution < 1.29 is 9.59 Å². The number of rotatable bonds is 7. The van der Waals surface area contributed by atoms with Crippen LogP contribution in [-0.2, 0) is 16.1 Å². The fraction of sp³-hybridized carbons (Fsp3) is 0.391. The van der Waals surface area contributed by atoms with Crippen LogP contribution in [0.1, 0.15) is 48.4 Å². The van der Waals surface area contributed by atoms with Gasteiger partial charge in [0.2, 0.25) is 11.8 Å². The summed E-state index contributed by atoms with van der Waals surface area (Å²) in [6, 6.07) is 14.4. The van der Waals surface area contributed by atoms with Crippen molar-refractivity contribution in [2.24, 2.45) is 0 Å². The minimum atomic E-state index is -0.738. The van der Waals surface area contributed by atoms with E-state index >= 15 is 0 Å². The third-order valence-corrected chi connectivity index (χ3v) is 5.84. The number of benzene rings is 2. The summed E-state index contributed by atoms with van der Waals surface area (Å²) in [4.78, 5) is 27.7. The fourth-order valence-corrected chi connectivity index (χ4v) is 4.04. The van der Waals surface area contributed by atoms with E-state index in [1.165, 1.54) is 0 Å². The number of alkyl halides is 1. The van der Waals surface area contributed by atoms with Crippen LogP contribution >= 0.6 is 23.2 Å². The van der Waals surface area contributed by atoms with E-state index in [1.807, 2.05) is 43.3 Å². The number of hydrogen-bond donors (Lipinski definition) is 1. The average molecular weight is 433 g/mol. The van der Waals surface area contributed by atoms with Crippen molar-refractivity contribution in [1.29, 1.82) is 0 Å². The number of carbonyl (C=O) groups excluding carboxylic acids is 2. The molecule has 0 aliphatic heterocycles. The molecule has 0 bridgehead atoms. The first-order valence-electron chi connectivity index (χ1n) is 9.94. The highest BCUT2D eigenvalue weighted by atomic mass is 35.5. The second-order valence-electron chi connectivity index (χ2n) is 7.58. The number of hydrogen-bond acceptors (Lipinski definition) is 2. The van der Waals surface area contributed by atoms with E-state index in [4.69, 9.17) is 23.2 Å². The maximum absolute atomic E-state index is 13.3. The molecule has 1 unspecified atom stereocenters. The van der Waals surface area contributed by atoms with Crippen molar-refractivity contribution in [3.63, 3.8) is 0 Å². The normalized spacial score (nSPS) is 15.1. The van der Waals surface area contributed by atoms with Crippen LogP contribution in [-0.4, -0.2) is 28.6 Å². The molecule has 154 valence electrons. The van der Waals surface area contributed by atoms with Crippen LogP contribution in [0.5, 0.6) is 0 Å². The van der Waals surface area contributed by atoms with Crippen LogP contribution in [0.4, 0.5) is 0 Å². The van der Waals surface area contributed by atoms with E-state index in [0.717, 1.165) is 42.4 Å². The molecule has 0 saturated heterocycles. The summed E-state index contributed by atoms with van der Waals surface area (Å²) in [5.74, 6) is -0.630. The van der Waals surface area contributed by atoms with Gasteiger partial charge in [-0.1, -0.05) is 66.4 Å². The Balaban J connectivity index is 1.94. The highest BCUT2D eigenvalue weighted by molar-refractivity contribution is 6.30. The van der Waals surface area contributed by atoms with Crippen LogP contribution in [0.2, 0.25) is 5.02 Å². The van der Waals surface area contributed by atoms with Gasteiger partial charge in [0.15, 0.2) is 0 Å². The zero-order chi connectivity index (χ0) is 20.8. The van der Waals surface area contributed by atoms with E-state index < -0.39 is 6.04 Å². The molecule has 6 heteroatoms. The predicted molar refractivity (Wildman–Crippen MR) is 117 cm³/mol. The molecule has 0 heterocycles. The lowest BCUT2D eigenvalue weighted by Gasteiger charge is -2.32. The Labute approximate surface area is 182 Å².